The number of para-hydroxylation sites is 1. The van der Waals surface area contributed by atoms with Crippen LogP contribution in [0.2, 0.25) is 0 Å². The number of carboxylic acids is 1. The second-order valence-electron chi connectivity index (χ2n) is 5.67. The predicted molar refractivity (Wildman–Crippen MR) is 90.5 cm³/mol. The number of rotatable bonds is 5. The molecule has 0 saturated heterocycles. The van der Waals surface area contributed by atoms with Crippen LogP contribution in [0.3, 0.4) is 0 Å². The SMILES string of the molecule is CC(C)OC(=O)C(C)O.NC(Cc1c[nH]c2ccccc12)C(=O)O. The number of carbonyl (C=O) groups excluding carboxylic acids is 1. The minimum atomic E-state index is -1.01. The minimum Gasteiger partial charge on any atom is -0.480 e. The Kier molecular flexibility index (Phi) is 7.41. The molecule has 7 nitrogen and oxygen atoms in total. The van der Waals surface area contributed by atoms with Crippen molar-refractivity contribution in [3.05, 3.63) is 36.0 Å². The van der Waals surface area contributed by atoms with Crippen LogP contribution in [0.4, 0.5) is 0 Å². The second kappa shape index (κ2) is 9.05. The number of aliphatic hydroxyl groups is 1. The molecule has 0 bridgehead atoms. The molecule has 2 atom stereocenters. The summed E-state index contributed by atoms with van der Waals surface area (Å²) < 4.78 is 4.62. The van der Waals surface area contributed by atoms with Gasteiger partial charge in [0.1, 0.15) is 12.1 Å². The third kappa shape index (κ3) is 6.02. The van der Waals surface area contributed by atoms with E-state index in [-0.39, 0.29) is 6.10 Å². The lowest BCUT2D eigenvalue weighted by molar-refractivity contribution is -0.156. The quantitative estimate of drug-likeness (QED) is 0.612. The summed E-state index contributed by atoms with van der Waals surface area (Å²) >= 11 is 0. The first-order valence-electron chi connectivity index (χ1n) is 7.64. The molecule has 1 aromatic carbocycles. The van der Waals surface area contributed by atoms with Crippen LogP contribution in [-0.4, -0.2) is 45.4 Å². The zero-order chi connectivity index (χ0) is 18.3. The summed E-state index contributed by atoms with van der Waals surface area (Å²) in [6, 6.07) is 6.91. The molecular formula is C17H24N2O5. The van der Waals surface area contributed by atoms with E-state index in [1.807, 2.05) is 30.5 Å². The number of ether oxygens (including phenoxy) is 1. The highest BCUT2D eigenvalue weighted by molar-refractivity contribution is 5.84. The fraction of sp³-hybridized carbons (Fsp3) is 0.412. The molecule has 2 rings (SSSR count). The van der Waals surface area contributed by atoms with Crippen LogP contribution >= 0.6 is 0 Å². The molecule has 132 valence electrons. The third-order valence-electron chi connectivity index (χ3n) is 3.12. The number of aromatic amines is 1. The minimum absolute atomic E-state index is 0.146. The number of H-pyrrole nitrogens is 1. The van der Waals surface area contributed by atoms with Gasteiger partial charge in [0.2, 0.25) is 0 Å². The number of fused-ring (bicyclic) bond motifs is 1. The fourth-order valence-corrected chi connectivity index (χ4v) is 1.96. The van der Waals surface area contributed by atoms with Crippen molar-refractivity contribution in [3.63, 3.8) is 0 Å². The molecule has 24 heavy (non-hydrogen) atoms. The average Bonchev–Trinajstić information content (AvgIpc) is 2.90. The van der Waals surface area contributed by atoms with Gasteiger partial charge in [0.25, 0.3) is 0 Å². The Morgan fingerprint density at radius 1 is 1.25 bits per heavy atom. The van der Waals surface area contributed by atoms with Gasteiger partial charge in [-0.2, -0.15) is 0 Å². The predicted octanol–water partition coefficient (Wildman–Crippen LogP) is 1.44. The number of benzene rings is 1. The molecule has 2 aromatic rings. The Labute approximate surface area is 140 Å². The first-order valence-corrected chi connectivity index (χ1v) is 7.64. The highest BCUT2D eigenvalue weighted by Crippen LogP contribution is 2.18. The van der Waals surface area contributed by atoms with Gasteiger partial charge in [-0.25, -0.2) is 4.79 Å². The lowest BCUT2D eigenvalue weighted by Gasteiger charge is -2.08. The van der Waals surface area contributed by atoms with E-state index in [2.05, 4.69) is 9.72 Å². The normalized spacial score (nSPS) is 13.1. The number of hydrogen-bond acceptors (Lipinski definition) is 5. The molecule has 0 amide bonds. The van der Waals surface area contributed by atoms with Gasteiger partial charge in [0, 0.05) is 23.5 Å². The van der Waals surface area contributed by atoms with Crippen molar-refractivity contribution in [3.8, 4) is 0 Å². The van der Waals surface area contributed by atoms with Crippen LogP contribution in [0.25, 0.3) is 10.9 Å². The molecule has 1 heterocycles. The Bertz CT molecular complexity index is 678. The van der Waals surface area contributed by atoms with Gasteiger partial charge < -0.3 is 25.7 Å². The molecule has 0 saturated carbocycles. The average molecular weight is 336 g/mol. The van der Waals surface area contributed by atoms with Gasteiger partial charge in [-0.15, -0.1) is 0 Å². The van der Waals surface area contributed by atoms with Crippen molar-refractivity contribution in [1.82, 2.24) is 4.98 Å². The fourth-order valence-electron chi connectivity index (χ4n) is 1.96. The molecule has 0 aliphatic heterocycles. The molecular weight excluding hydrogens is 312 g/mol. The molecule has 1 aromatic heterocycles. The number of nitrogens with one attached hydrogen (secondary N) is 1. The Morgan fingerprint density at radius 3 is 2.38 bits per heavy atom. The van der Waals surface area contributed by atoms with E-state index in [4.69, 9.17) is 15.9 Å². The van der Waals surface area contributed by atoms with Crippen LogP contribution in [-0.2, 0) is 20.7 Å². The van der Waals surface area contributed by atoms with Crippen LogP contribution in [0, 0.1) is 0 Å². The van der Waals surface area contributed by atoms with Crippen molar-refractivity contribution >= 4 is 22.8 Å². The Morgan fingerprint density at radius 2 is 1.88 bits per heavy atom. The van der Waals surface area contributed by atoms with Gasteiger partial charge >= 0.3 is 11.9 Å². The molecule has 0 radical (unpaired) electrons. The maximum Gasteiger partial charge on any atom is 0.334 e. The van der Waals surface area contributed by atoms with Gasteiger partial charge in [-0.3, -0.25) is 4.79 Å². The smallest absolute Gasteiger partial charge is 0.334 e. The summed E-state index contributed by atoms with van der Waals surface area (Å²) in [7, 11) is 0. The van der Waals surface area contributed by atoms with Crippen molar-refractivity contribution in [2.75, 3.05) is 0 Å². The van der Waals surface area contributed by atoms with Gasteiger partial charge in [0.15, 0.2) is 0 Å². The molecule has 7 heteroatoms. The number of carboxylic acid groups (broad SMARTS) is 1. The van der Waals surface area contributed by atoms with E-state index in [1.54, 1.807) is 13.8 Å². The van der Waals surface area contributed by atoms with Crippen molar-refractivity contribution in [2.24, 2.45) is 5.73 Å². The number of aliphatic carboxylic acids is 1. The topological polar surface area (TPSA) is 126 Å². The highest BCUT2D eigenvalue weighted by atomic mass is 16.6. The summed E-state index contributed by atoms with van der Waals surface area (Å²) in [5.74, 6) is -1.54. The summed E-state index contributed by atoms with van der Waals surface area (Å²) in [6.45, 7) is 4.85. The van der Waals surface area contributed by atoms with E-state index in [1.165, 1.54) is 6.92 Å². The first kappa shape index (κ1) is 19.7. The lowest BCUT2D eigenvalue weighted by Crippen LogP contribution is -2.32. The van der Waals surface area contributed by atoms with Gasteiger partial charge in [-0.1, -0.05) is 18.2 Å². The van der Waals surface area contributed by atoms with E-state index in [0.29, 0.717) is 6.42 Å². The molecule has 0 spiro atoms. The van der Waals surface area contributed by atoms with Gasteiger partial charge in [-0.05, 0) is 32.4 Å². The summed E-state index contributed by atoms with van der Waals surface area (Å²) in [6.07, 6.45) is 1.01. The van der Waals surface area contributed by atoms with Crippen LogP contribution in [0.15, 0.2) is 30.5 Å². The standard InChI is InChI=1S/C11H12N2O2.C6H12O3/c12-9(11(14)15)5-7-6-13-10-4-2-1-3-8(7)10;1-4(2)9-6(8)5(3)7/h1-4,6,9,13H,5,12H2,(H,14,15);4-5,7H,1-3H3. The maximum absolute atomic E-state index is 10.6. The number of esters is 1. The zero-order valence-corrected chi connectivity index (χ0v) is 14.0. The molecule has 2 unspecified atom stereocenters. The van der Waals surface area contributed by atoms with Crippen molar-refractivity contribution in [1.29, 1.82) is 0 Å². The van der Waals surface area contributed by atoms with Crippen LogP contribution in [0.5, 0.6) is 0 Å². The largest absolute Gasteiger partial charge is 0.480 e. The van der Waals surface area contributed by atoms with Crippen LogP contribution < -0.4 is 5.73 Å². The third-order valence-corrected chi connectivity index (χ3v) is 3.12. The zero-order valence-electron chi connectivity index (χ0n) is 14.0. The Hall–Kier alpha value is -2.38. The monoisotopic (exact) mass is 336 g/mol. The molecule has 5 N–H and O–H groups in total. The van der Waals surface area contributed by atoms with E-state index in [9.17, 15) is 9.59 Å². The molecule has 0 aliphatic rings. The first-order chi connectivity index (χ1) is 11.2. The van der Waals surface area contributed by atoms with Crippen molar-refractivity contribution < 1.29 is 24.5 Å². The number of carbonyl (C=O) groups is 2. The van der Waals surface area contributed by atoms with Gasteiger partial charge in [0.05, 0.1) is 6.10 Å². The van der Waals surface area contributed by atoms with Crippen molar-refractivity contribution in [2.45, 2.75) is 45.4 Å². The molecule has 0 fully saturated rings. The van der Waals surface area contributed by atoms with E-state index in [0.717, 1.165) is 16.5 Å². The maximum atomic E-state index is 10.6. The lowest BCUT2D eigenvalue weighted by atomic mass is 10.1. The number of aromatic nitrogens is 1. The van der Waals surface area contributed by atoms with Crippen LogP contribution in [0.1, 0.15) is 26.3 Å². The number of hydrogen-bond donors (Lipinski definition) is 4. The van der Waals surface area contributed by atoms with E-state index >= 15 is 0 Å². The summed E-state index contributed by atoms with van der Waals surface area (Å²) in [5, 5.41) is 18.3. The number of nitrogens with two attached hydrogens (primary N) is 1. The molecule has 0 aliphatic carbocycles. The van der Waals surface area contributed by atoms with E-state index < -0.39 is 24.1 Å². The highest BCUT2D eigenvalue weighted by Gasteiger charge is 2.14. The number of aliphatic hydroxyl groups excluding tert-OH is 1. The Balaban J connectivity index is 0.000000277. The second-order valence-corrected chi connectivity index (χ2v) is 5.67. The summed E-state index contributed by atoms with van der Waals surface area (Å²) in [4.78, 5) is 24.2. The summed E-state index contributed by atoms with van der Waals surface area (Å²) in [5.41, 5.74) is 7.43.